The maximum Gasteiger partial charge on any atom is 0.343 e. The SMILES string of the molecule is CC(C)(C)c1ccc(C(=O)Oc2ccc(/C=N\NC(=O)c3cc(C(C)(C)C)[nH]n3)cc2)cc1. The lowest BCUT2D eigenvalue weighted by Gasteiger charge is -2.18. The van der Waals surface area contributed by atoms with Crippen molar-refractivity contribution in [2.24, 2.45) is 5.10 Å². The molecule has 2 N–H and O–H groups in total. The second-order valence-corrected chi connectivity index (χ2v) is 9.90. The maximum absolute atomic E-state index is 12.4. The van der Waals surface area contributed by atoms with Gasteiger partial charge in [-0.25, -0.2) is 10.2 Å². The van der Waals surface area contributed by atoms with Gasteiger partial charge in [0.15, 0.2) is 5.69 Å². The summed E-state index contributed by atoms with van der Waals surface area (Å²) in [5, 5.41) is 10.9. The van der Waals surface area contributed by atoms with Crippen molar-refractivity contribution in [3.63, 3.8) is 0 Å². The number of aromatic amines is 1. The molecule has 172 valence electrons. The maximum atomic E-state index is 12.4. The molecule has 7 heteroatoms. The van der Waals surface area contributed by atoms with Gasteiger partial charge in [-0.1, -0.05) is 53.7 Å². The van der Waals surface area contributed by atoms with Crippen molar-refractivity contribution < 1.29 is 14.3 Å². The standard InChI is InChI=1S/C26H30N4O3/c1-25(2,3)19-11-9-18(10-12-19)24(32)33-20-13-7-17(8-14-20)16-27-30-23(31)21-15-22(29-28-21)26(4,5)6/h7-16H,1-6H3,(H,28,29)(H,30,31)/b27-16-. The van der Waals surface area contributed by atoms with Gasteiger partial charge in [-0.3, -0.25) is 9.89 Å². The van der Waals surface area contributed by atoms with E-state index in [1.807, 2.05) is 32.9 Å². The first-order valence-electron chi connectivity index (χ1n) is 10.8. The first kappa shape index (κ1) is 23.9. The fraction of sp³-hybridized carbons (Fsp3) is 0.308. The van der Waals surface area contributed by atoms with Crippen LogP contribution in [0.5, 0.6) is 5.75 Å². The molecule has 1 aromatic heterocycles. The van der Waals surface area contributed by atoms with Crippen LogP contribution >= 0.6 is 0 Å². The number of carbonyl (C=O) groups is 2. The molecule has 0 aliphatic carbocycles. The van der Waals surface area contributed by atoms with Crippen molar-refractivity contribution in [2.45, 2.75) is 52.4 Å². The van der Waals surface area contributed by atoms with Gasteiger partial charge in [0.1, 0.15) is 5.75 Å². The zero-order chi connectivity index (χ0) is 24.2. The zero-order valence-electron chi connectivity index (χ0n) is 19.9. The minimum atomic E-state index is -0.419. The third-order valence-electron chi connectivity index (χ3n) is 5.08. The van der Waals surface area contributed by atoms with Crippen molar-refractivity contribution in [3.8, 4) is 5.75 Å². The lowest BCUT2D eigenvalue weighted by Crippen LogP contribution is -2.18. The van der Waals surface area contributed by atoms with Gasteiger partial charge in [-0.05, 0) is 59.0 Å². The number of amides is 1. The number of nitrogens with zero attached hydrogens (tertiary/aromatic N) is 2. The Bertz CT molecular complexity index is 1150. The molecule has 0 aliphatic heterocycles. The predicted molar refractivity (Wildman–Crippen MR) is 129 cm³/mol. The molecule has 1 heterocycles. The summed E-state index contributed by atoms with van der Waals surface area (Å²) >= 11 is 0. The third kappa shape index (κ3) is 6.38. The number of aromatic nitrogens is 2. The van der Waals surface area contributed by atoms with E-state index in [-0.39, 0.29) is 16.5 Å². The molecule has 1 amide bonds. The smallest absolute Gasteiger partial charge is 0.343 e. The normalized spacial score (nSPS) is 12.1. The van der Waals surface area contributed by atoms with Crippen molar-refractivity contribution in [2.75, 3.05) is 0 Å². The average Bonchev–Trinajstić information content (AvgIpc) is 3.25. The summed E-state index contributed by atoms with van der Waals surface area (Å²) in [7, 11) is 0. The van der Waals surface area contributed by atoms with Gasteiger partial charge < -0.3 is 4.74 Å². The molecule has 0 bridgehead atoms. The Hall–Kier alpha value is -3.74. The van der Waals surface area contributed by atoms with Gasteiger partial charge in [0.2, 0.25) is 0 Å². The van der Waals surface area contributed by atoms with E-state index in [4.69, 9.17) is 4.74 Å². The highest BCUT2D eigenvalue weighted by Crippen LogP contribution is 2.23. The van der Waals surface area contributed by atoms with Crippen LogP contribution in [0.2, 0.25) is 0 Å². The monoisotopic (exact) mass is 446 g/mol. The number of hydrogen-bond acceptors (Lipinski definition) is 5. The van der Waals surface area contributed by atoms with Crippen LogP contribution in [0.15, 0.2) is 59.7 Å². The molecule has 33 heavy (non-hydrogen) atoms. The van der Waals surface area contributed by atoms with Gasteiger partial charge in [0, 0.05) is 11.1 Å². The van der Waals surface area contributed by atoms with Gasteiger partial charge in [0.05, 0.1) is 11.8 Å². The third-order valence-corrected chi connectivity index (χ3v) is 5.08. The summed E-state index contributed by atoms with van der Waals surface area (Å²) in [6.45, 7) is 12.5. The van der Waals surface area contributed by atoms with Crippen LogP contribution < -0.4 is 10.2 Å². The Morgan fingerprint density at radius 1 is 0.939 bits per heavy atom. The molecular weight excluding hydrogens is 416 g/mol. The Morgan fingerprint density at radius 3 is 2.12 bits per heavy atom. The van der Waals surface area contributed by atoms with E-state index >= 15 is 0 Å². The van der Waals surface area contributed by atoms with Gasteiger partial charge in [-0.15, -0.1) is 0 Å². The van der Waals surface area contributed by atoms with Crippen molar-refractivity contribution in [3.05, 3.63) is 82.7 Å². The molecule has 0 aliphatic rings. The summed E-state index contributed by atoms with van der Waals surface area (Å²) in [5.41, 5.74) is 5.87. The van der Waals surface area contributed by atoms with Crippen LogP contribution in [0.25, 0.3) is 0 Å². The molecule has 7 nitrogen and oxygen atoms in total. The largest absolute Gasteiger partial charge is 0.423 e. The Morgan fingerprint density at radius 2 is 1.58 bits per heavy atom. The summed E-state index contributed by atoms with van der Waals surface area (Å²) in [6.07, 6.45) is 1.51. The zero-order valence-corrected chi connectivity index (χ0v) is 19.9. The van der Waals surface area contributed by atoms with E-state index in [0.717, 1.165) is 16.8 Å². The Balaban J connectivity index is 1.55. The van der Waals surface area contributed by atoms with E-state index in [1.165, 1.54) is 6.21 Å². The van der Waals surface area contributed by atoms with Crippen LogP contribution in [-0.2, 0) is 10.8 Å². The fourth-order valence-corrected chi connectivity index (χ4v) is 2.94. The summed E-state index contributed by atoms with van der Waals surface area (Å²) in [6, 6.07) is 16.0. The van der Waals surface area contributed by atoms with Crippen LogP contribution in [0.4, 0.5) is 0 Å². The number of nitrogens with one attached hydrogen (secondary N) is 2. The number of esters is 1. The quantitative estimate of drug-likeness (QED) is 0.250. The van der Waals surface area contributed by atoms with Crippen LogP contribution in [0.3, 0.4) is 0 Å². The first-order valence-corrected chi connectivity index (χ1v) is 10.8. The highest BCUT2D eigenvalue weighted by atomic mass is 16.5. The summed E-state index contributed by atoms with van der Waals surface area (Å²) < 4.78 is 5.45. The lowest BCUT2D eigenvalue weighted by molar-refractivity contribution is 0.0734. The van der Waals surface area contributed by atoms with E-state index < -0.39 is 11.9 Å². The molecule has 0 fully saturated rings. The van der Waals surface area contributed by atoms with Crippen LogP contribution in [0.1, 0.15) is 79.2 Å². The molecule has 0 spiro atoms. The van der Waals surface area contributed by atoms with Gasteiger partial charge >= 0.3 is 5.97 Å². The van der Waals surface area contributed by atoms with E-state index in [9.17, 15) is 9.59 Å². The molecule has 3 rings (SSSR count). The number of H-pyrrole nitrogens is 1. The topological polar surface area (TPSA) is 96.4 Å². The van der Waals surface area contributed by atoms with Crippen LogP contribution in [0, 0.1) is 0 Å². The molecular formula is C26H30N4O3. The number of ether oxygens (including phenoxy) is 1. The molecule has 0 atom stereocenters. The minimum Gasteiger partial charge on any atom is -0.423 e. The summed E-state index contributed by atoms with van der Waals surface area (Å²) in [5.74, 6) is -0.397. The molecule has 2 aromatic carbocycles. The van der Waals surface area contributed by atoms with Crippen molar-refractivity contribution >= 4 is 18.1 Å². The Kier molecular flexibility index (Phi) is 6.81. The number of carbonyl (C=O) groups excluding carboxylic acids is 2. The van der Waals surface area contributed by atoms with E-state index in [2.05, 4.69) is 41.5 Å². The van der Waals surface area contributed by atoms with Crippen molar-refractivity contribution in [1.29, 1.82) is 0 Å². The highest BCUT2D eigenvalue weighted by Gasteiger charge is 2.19. The molecule has 0 saturated heterocycles. The van der Waals surface area contributed by atoms with Crippen LogP contribution in [-0.4, -0.2) is 28.3 Å². The number of hydrogen-bond donors (Lipinski definition) is 2. The van der Waals surface area contributed by atoms with E-state index in [0.29, 0.717) is 11.3 Å². The molecule has 0 saturated carbocycles. The predicted octanol–water partition coefficient (Wildman–Crippen LogP) is 4.99. The molecule has 3 aromatic rings. The lowest BCUT2D eigenvalue weighted by atomic mass is 9.87. The average molecular weight is 447 g/mol. The number of benzene rings is 2. The van der Waals surface area contributed by atoms with Gasteiger partial charge in [0.25, 0.3) is 5.91 Å². The van der Waals surface area contributed by atoms with Gasteiger partial charge in [-0.2, -0.15) is 10.2 Å². The minimum absolute atomic E-state index is 0.0206. The first-order chi connectivity index (χ1) is 15.4. The second-order valence-electron chi connectivity index (χ2n) is 9.90. The fourth-order valence-electron chi connectivity index (χ4n) is 2.94. The molecule has 0 unspecified atom stereocenters. The van der Waals surface area contributed by atoms with E-state index in [1.54, 1.807) is 42.5 Å². The summed E-state index contributed by atoms with van der Waals surface area (Å²) in [4.78, 5) is 24.6. The highest BCUT2D eigenvalue weighted by molar-refractivity contribution is 5.93. The number of hydrazone groups is 1. The number of rotatable bonds is 5. The second kappa shape index (κ2) is 9.40. The Labute approximate surface area is 194 Å². The van der Waals surface area contributed by atoms with Crippen molar-refractivity contribution in [1.82, 2.24) is 15.6 Å². The molecule has 0 radical (unpaired) electrons.